The van der Waals surface area contributed by atoms with Crippen LogP contribution in [0.4, 0.5) is 17.1 Å². The van der Waals surface area contributed by atoms with Gasteiger partial charge in [-0.25, -0.2) is 0 Å². The van der Waals surface area contributed by atoms with Gasteiger partial charge in [0, 0.05) is 0 Å². The molecule has 1 nitrogen and oxygen atoms in total. The van der Waals surface area contributed by atoms with Crippen LogP contribution in [-0.4, -0.2) is 55.5 Å². The second kappa shape index (κ2) is 17.2. The van der Waals surface area contributed by atoms with Crippen molar-refractivity contribution in [1.82, 2.24) is 0 Å². The average molecular weight is 670 g/mol. The van der Waals surface area contributed by atoms with E-state index in [1.165, 1.54) is 108 Å². The summed E-state index contributed by atoms with van der Waals surface area (Å²) in [6, 6.07) is 24.4. The van der Waals surface area contributed by atoms with Crippen LogP contribution in [0.3, 0.4) is 0 Å². The molecule has 0 saturated carbocycles. The standard InChI is InChI=1S/C41H70NP3/c1-12-43(13-2,14-3)31-36-22-21-23-39(28-36)42(40-26-24-34(10)37(29-40)32-44(15-4,16-5)17-6)41-27-25-35(11)38(30-41)33-45(18-7,19-8)20-9/h21-30,43-45H,12-20,31-33H2,1-11H3. The Balaban J connectivity index is 2.23. The van der Waals surface area contributed by atoms with Crippen molar-refractivity contribution in [2.45, 2.75) is 94.6 Å². The first kappa shape index (κ1) is 38.2. The van der Waals surface area contributed by atoms with E-state index >= 15 is 0 Å². The summed E-state index contributed by atoms with van der Waals surface area (Å²) in [7, 11) is -3.94. The minimum atomic E-state index is -1.32. The van der Waals surface area contributed by atoms with Crippen molar-refractivity contribution in [2.24, 2.45) is 0 Å². The summed E-state index contributed by atoms with van der Waals surface area (Å²) in [5, 5.41) is 0. The molecule has 3 aromatic rings. The van der Waals surface area contributed by atoms with Crippen LogP contribution in [0.1, 0.15) is 90.1 Å². The molecule has 254 valence electrons. The molecule has 0 aliphatic carbocycles. The van der Waals surface area contributed by atoms with Crippen molar-refractivity contribution in [3.8, 4) is 0 Å². The third kappa shape index (κ3) is 9.01. The third-order valence-corrected chi connectivity index (χ3v) is 29.7. The molecule has 0 radical (unpaired) electrons. The van der Waals surface area contributed by atoms with Gasteiger partial charge < -0.3 is 0 Å². The Morgan fingerprint density at radius 3 is 1.16 bits per heavy atom. The van der Waals surface area contributed by atoms with Crippen LogP contribution in [0.15, 0.2) is 60.7 Å². The fourth-order valence-electron chi connectivity index (χ4n) is 7.84. The summed E-state index contributed by atoms with van der Waals surface area (Å²) >= 11 is 0. The number of hydrogen-bond donors (Lipinski definition) is 0. The summed E-state index contributed by atoms with van der Waals surface area (Å²) in [5.41, 5.74) is 11.5. The van der Waals surface area contributed by atoms with Gasteiger partial charge in [0.1, 0.15) is 0 Å². The molecule has 0 aliphatic rings. The number of hydrogen-bond acceptors (Lipinski definition) is 1. The molecule has 0 amide bonds. The molecule has 3 rings (SSSR count). The zero-order chi connectivity index (χ0) is 33.3. The van der Waals surface area contributed by atoms with Crippen LogP contribution in [0, 0.1) is 13.8 Å². The number of benzene rings is 3. The maximum absolute atomic E-state index is 2.60. The molecule has 0 bridgehead atoms. The van der Waals surface area contributed by atoms with E-state index in [0.717, 1.165) is 0 Å². The normalized spacial score (nSPS) is 13.6. The van der Waals surface area contributed by atoms with E-state index < -0.39 is 21.8 Å². The zero-order valence-electron chi connectivity index (χ0n) is 31.2. The topological polar surface area (TPSA) is 3.24 Å². The summed E-state index contributed by atoms with van der Waals surface area (Å²) in [5.74, 6) is 0. The van der Waals surface area contributed by atoms with Crippen LogP contribution in [0.5, 0.6) is 0 Å². The van der Waals surface area contributed by atoms with E-state index in [1.807, 2.05) is 0 Å². The van der Waals surface area contributed by atoms with E-state index in [-0.39, 0.29) is 0 Å². The molecule has 0 saturated heterocycles. The molecular weight excluding hydrogens is 599 g/mol. The van der Waals surface area contributed by atoms with E-state index in [9.17, 15) is 0 Å². The second-order valence-electron chi connectivity index (χ2n) is 14.4. The molecule has 4 heteroatoms. The van der Waals surface area contributed by atoms with Gasteiger partial charge in [-0.05, 0) is 0 Å². The van der Waals surface area contributed by atoms with Crippen molar-refractivity contribution in [2.75, 3.05) is 60.4 Å². The Labute approximate surface area is 281 Å². The van der Waals surface area contributed by atoms with Crippen LogP contribution in [0.25, 0.3) is 0 Å². The van der Waals surface area contributed by atoms with E-state index in [1.54, 1.807) is 11.1 Å². The summed E-state index contributed by atoms with van der Waals surface area (Å²) in [6.07, 6.45) is 16.2. The van der Waals surface area contributed by atoms with Crippen molar-refractivity contribution in [1.29, 1.82) is 0 Å². The van der Waals surface area contributed by atoms with Crippen molar-refractivity contribution in [3.05, 3.63) is 88.5 Å². The van der Waals surface area contributed by atoms with Crippen molar-refractivity contribution >= 4 is 38.8 Å². The Hall–Kier alpha value is -1.25. The molecule has 0 spiro atoms. The molecule has 0 atom stereocenters. The molecule has 0 aromatic heterocycles. The molecular formula is C41H70NP3. The predicted molar refractivity (Wildman–Crippen MR) is 222 cm³/mol. The van der Waals surface area contributed by atoms with E-state index in [0.29, 0.717) is 0 Å². The minimum absolute atomic E-state index is 1.28. The summed E-state index contributed by atoms with van der Waals surface area (Å²) < 4.78 is 0. The third-order valence-electron chi connectivity index (χ3n) is 12.8. The Bertz CT molecular complexity index is 1250. The molecule has 45 heavy (non-hydrogen) atoms. The van der Waals surface area contributed by atoms with Crippen LogP contribution < -0.4 is 4.90 Å². The van der Waals surface area contributed by atoms with Crippen molar-refractivity contribution < 1.29 is 0 Å². The number of anilines is 3. The first-order valence-electron chi connectivity index (χ1n) is 18.6. The predicted octanol–water partition coefficient (Wildman–Crippen LogP) is 12.7. The van der Waals surface area contributed by atoms with Gasteiger partial charge in [0.05, 0.1) is 0 Å². The van der Waals surface area contributed by atoms with Gasteiger partial charge >= 0.3 is 282 Å². The molecule has 0 fully saturated rings. The molecule has 0 N–H and O–H groups in total. The number of aryl methyl sites for hydroxylation is 2. The van der Waals surface area contributed by atoms with E-state index in [4.69, 9.17) is 0 Å². The van der Waals surface area contributed by atoms with Crippen LogP contribution in [-0.2, 0) is 18.5 Å². The Morgan fingerprint density at radius 1 is 0.422 bits per heavy atom. The Morgan fingerprint density at radius 2 is 0.778 bits per heavy atom. The van der Waals surface area contributed by atoms with Gasteiger partial charge in [0.25, 0.3) is 0 Å². The van der Waals surface area contributed by atoms with Crippen LogP contribution in [0.2, 0.25) is 0 Å². The van der Waals surface area contributed by atoms with E-state index in [2.05, 4.69) is 142 Å². The SMILES string of the molecule is CC[PH](CC)(CC)Cc1cccc(N(c2ccc(C)c(C[PH](CC)(CC)CC)c2)c2ccc(C)c(C[PH](CC)(CC)CC)c2)c1. The summed E-state index contributed by atoms with van der Waals surface area (Å²) in [6.45, 7) is 26.7. The second-order valence-corrected chi connectivity index (χ2v) is 30.9. The fourth-order valence-corrected chi connectivity index (χ4v) is 18.1. The maximum atomic E-state index is 2.60. The first-order chi connectivity index (χ1) is 21.6. The quantitative estimate of drug-likeness (QED) is 0.122. The zero-order valence-corrected chi connectivity index (χ0v) is 34.2. The van der Waals surface area contributed by atoms with Gasteiger partial charge in [-0.3, -0.25) is 0 Å². The van der Waals surface area contributed by atoms with Crippen LogP contribution >= 0.6 is 21.8 Å². The van der Waals surface area contributed by atoms with Gasteiger partial charge in [0.2, 0.25) is 0 Å². The fraction of sp³-hybridized carbons (Fsp3) is 0.561. The van der Waals surface area contributed by atoms with Gasteiger partial charge in [-0.1, -0.05) is 0 Å². The molecule has 0 unspecified atom stereocenters. The Kier molecular flexibility index (Phi) is 14.6. The van der Waals surface area contributed by atoms with Crippen molar-refractivity contribution in [3.63, 3.8) is 0 Å². The van der Waals surface area contributed by atoms with Gasteiger partial charge in [-0.15, -0.1) is 0 Å². The molecule has 3 aromatic carbocycles. The van der Waals surface area contributed by atoms with Gasteiger partial charge in [-0.2, -0.15) is 0 Å². The van der Waals surface area contributed by atoms with Gasteiger partial charge in [0.15, 0.2) is 0 Å². The molecule has 0 aliphatic heterocycles. The number of nitrogens with zero attached hydrogens (tertiary/aromatic N) is 1. The molecule has 0 heterocycles. The monoisotopic (exact) mass is 669 g/mol. The number of rotatable bonds is 18. The average Bonchev–Trinajstić information content (AvgIpc) is 3.08. The summed E-state index contributed by atoms with van der Waals surface area (Å²) in [4.78, 5) is 2.60. The first-order valence-corrected chi connectivity index (χ1v) is 27.1.